The van der Waals surface area contributed by atoms with Crippen molar-refractivity contribution in [2.45, 2.75) is 6.04 Å². The van der Waals surface area contributed by atoms with Crippen LogP contribution in [0.2, 0.25) is 0 Å². The van der Waals surface area contributed by atoms with Gasteiger partial charge in [0.15, 0.2) is 6.54 Å². The molecule has 0 bridgehead atoms. The summed E-state index contributed by atoms with van der Waals surface area (Å²) in [5, 5.41) is 2.97. The predicted octanol–water partition coefficient (Wildman–Crippen LogP) is 2.94. The Hall–Kier alpha value is -3.11. The number of carbonyl (C=O) groups excluding carboxylic acids is 1. The molecule has 0 aliphatic rings. The molecule has 1 amide bonds. The van der Waals surface area contributed by atoms with Crippen LogP contribution in [0.25, 0.3) is 0 Å². The lowest BCUT2D eigenvalue weighted by Gasteiger charge is -2.25. The topological polar surface area (TPSA) is 42.8 Å². The van der Waals surface area contributed by atoms with E-state index in [0.717, 1.165) is 4.90 Å². The van der Waals surface area contributed by atoms with E-state index in [2.05, 4.69) is 29.6 Å². The molecular weight excluding hydrogens is 336 g/mol. The third-order valence-electron chi connectivity index (χ3n) is 4.58. The number of para-hydroxylation sites is 2. The number of hydrogen-bond acceptors (Lipinski definition) is 2. The summed E-state index contributed by atoms with van der Waals surface area (Å²) < 4.78 is 5.32. The van der Waals surface area contributed by atoms with Gasteiger partial charge in [-0.25, -0.2) is 0 Å². The molecule has 4 heteroatoms. The van der Waals surface area contributed by atoms with Crippen LogP contribution in [-0.4, -0.2) is 26.6 Å². The molecule has 4 nitrogen and oxygen atoms in total. The quantitative estimate of drug-likeness (QED) is 0.679. The van der Waals surface area contributed by atoms with Gasteiger partial charge in [-0.15, -0.1) is 0 Å². The first-order valence-electron chi connectivity index (χ1n) is 9.04. The minimum Gasteiger partial charge on any atom is -0.495 e. The Morgan fingerprint density at radius 3 is 1.96 bits per heavy atom. The number of ether oxygens (including phenoxy) is 1. The van der Waals surface area contributed by atoms with Crippen LogP contribution in [-0.2, 0) is 4.79 Å². The fourth-order valence-corrected chi connectivity index (χ4v) is 3.35. The van der Waals surface area contributed by atoms with Crippen molar-refractivity contribution >= 4 is 11.6 Å². The molecule has 2 N–H and O–H groups in total. The molecule has 1 atom stereocenters. The molecule has 0 spiro atoms. The van der Waals surface area contributed by atoms with Gasteiger partial charge in [-0.2, -0.15) is 0 Å². The second-order valence-electron chi connectivity index (χ2n) is 6.53. The van der Waals surface area contributed by atoms with Crippen LogP contribution in [0.1, 0.15) is 17.2 Å². The number of hydrogen-bond donors (Lipinski definition) is 2. The average molecular weight is 361 g/mol. The summed E-state index contributed by atoms with van der Waals surface area (Å²) in [5.74, 6) is 0.611. The lowest BCUT2D eigenvalue weighted by atomic mass is 9.97. The molecule has 3 aromatic carbocycles. The van der Waals surface area contributed by atoms with Gasteiger partial charge in [-0.05, 0) is 12.1 Å². The molecule has 0 aliphatic heterocycles. The maximum absolute atomic E-state index is 12.7. The number of benzene rings is 3. The summed E-state index contributed by atoms with van der Waals surface area (Å²) in [6, 6.07) is 28.1. The molecule has 1 unspecified atom stereocenters. The third-order valence-corrected chi connectivity index (χ3v) is 4.58. The van der Waals surface area contributed by atoms with Gasteiger partial charge in [-0.3, -0.25) is 4.79 Å². The van der Waals surface area contributed by atoms with Gasteiger partial charge in [-0.1, -0.05) is 72.8 Å². The number of rotatable bonds is 7. The Bertz CT molecular complexity index is 826. The highest BCUT2D eigenvalue weighted by molar-refractivity contribution is 5.92. The Morgan fingerprint density at radius 1 is 0.889 bits per heavy atom. The van der Waals surface area contributed by atoms with Crippen molar-refractivity contribution in [3.8, 4) is 5.75 Å². The molecular formula is C23H25N2O2+. The minimum absolute atomic E-state index is 0.0473. The van der Waals surface area contributed by atoms with E-state index in [9.17, 15) is 4.79 Å². The van der Waals surface area contributed by atoms with Crippen LogP contribution >= 0.6 is 0 Å². The largest absolute Gasteiger partial charge is 0.495 e. The van der Waals surface area contributed by atoms with E-state index < -0.39 is 0 Å². The second kappa shape index (κ2) is 9.01. The summed E-state index contributed by atoms with van der Waals surface area (Å²) in [6.45, 7) is 0.340. The second-order valence-corrected chi connectivity index (χ2v) is 6.53. The molecule has 3 rings (SSSR count). The van der Waals surface area contributed by atoms with Crippen LogP contribution in [0.5, 0.6) is 5.75 Å². The zero-order valence-electron chi connectivity index (χ0n) is 15.7. The molecule has 0 aromatic heterocycles. The van der Waals surface area contributed by atoms with E-state index in [1.807, 2.05) is 67.7 Å². The monoisotopic (exact) mass is 361 g/mol. The summed E-state index contributed by atoms with van der Waals surface area (Å²) >= 11 is 0. The molecule has 0 fully saturated rings. The lowest BCUT2D eigenvalue weighted by Crippen LogP contribution is -3.10. The lowest BCUT2D eigenvalue weighted by molar-refractivity contribution is -0.897. The summed E-state index contributed by atoms with van der Waals surface area (Å²) in [6.07, 6.45) is 0. The minimum atomic E-state index is -0.0473. The van der Waals surface area contributed by atoms with Gasteiger partial charge in [0.1, 0.15) is 11.8 Å². The Morgan fingerprint density at radius 2 is 1.41 bits per heavy atom. The normalized spacial score (nSPS) is 11.8. The van der Waals surface area contributed by atoms with E-state index >= 15 is 0 Å². The molecule has 0 heterocycles. The van der Waals surface area contributed by atoms with Crippen molar-refractivity contribution in [3.05, 3.63) is 96.1 Å². The van der Waals surface area contributed by atoms with Crippen LogP contribution in [0.3, 0.4) is 0 Å². The highest BCUT2D eigenvalue weighted by Gasteiger charge is 2.25. The van der Waals surface area contributed by atoms with Gasteiger partial charge >= 0.3 is 0 Å². The van der Waals surface area contributed by atoms with Gasteiger partial charge in [0.25, 0.3) is 5.91 Å². The summed E-state index contributed by atoms with van der Waals surface area (Å²) in [5.41, 5.74) is 3.06. The maximum atomic E-state index is 12.7. The van der Waals surface area contributed by atoms with Crippen LogP contribution < -0.4 is 15.0 Å². The number of methoxy groups -OCH3 is 1. The fourth-order valence-electron chi connectivity index (χ4n) is 3.35. The van der Waals surface area contributed by atoms with Gasteiger partial charge in [0.2, 0.25) is 0 Å². The van der Waals surface area contributed by atoms with Gasteiger partial charge in [0, 0.05) is 11.1 Å². The zero-order valence-corrected chi connectivity index (χ0v) is 15.7. The summed E-state index contributed by atoms with van der Waals surface area (Å²) in [7, 11) is 3.65. The van der Waals surface area contributed by atoms with E-state index in [1.165, 1.54) is 11.1 Å². The van der Waals surface area contributed by atoms with Crippen LogP contribution in [0, 0.1) is 0 Å². The highest BCUT2D eigenvalue weighted by Crippen LogP contribution is 2.23. The Kier molecular flexibility index (Phi) is 6.23. The number of amides is 1. The van der Waals surface area contributed by atoms with Crippen molar-refractivity contribution in [1.82, 2.24) is 0 Å². The van der Waals surface area contributed by atoms with Crippen molar-refractivity contribution in [2.75, 3.05) is 26.0 Å². The maximum Gasteiger partial charge on any atom is 0.279 e. The van der Waals surface area contributed by atoms with Crippen molar-refractivity contribution in [3.63, 3.8) is 0 Å². The first-order valence-corrected chi connectivity index (χ1v) is 9.04. The molecule has 138 valence electrons. The fraction of sp³-hybridized carbons (Fsp3) is 0.174. The van der Waals surface area contributed by atoms with Crippen molar-refractivity contribution in [2.24, 2.45) is 0 Å². The van der Waals surface area contributed by atoms with E-state index in [1.54, 1.807) is 7.11 Å². The molecule has 0 saturated carbocycles. The first kappa shape index (κ1) is 18.7. The van der Waals surface area contributed by atoms with Crippen molar-refractivity contribution < 1.29 is 14.4 Å². The van der Waals surface area contributed by atoms with Crippen LogP contribution in [0.15, 0.2) is 84.9 Å². The Balaban J connectivity index is 1.78. The number of quaternary nitrogens is 1. The molecule has 0 radical (unpaired) electrons. The van der Waals surface area contributed by atoms with E-state index in [-0.39, 0.29) is 11.9 Å². The highest BCUT2D eigenvalue weighted by atomic mass is 16.5. The first-order chi connectivity index (χ1) is 13.2. The van der Waals surface area contributed by atoms with Gasteiger partial charge < -0.3 is 15.0 Å². The predicted molar refractivity (Wildman–Crippen MR) is 108 cm³/mol. The standard InChI is InChI=1S/C23H24N2O2/c1-25(17-22(26)24-20-15-9-10-16-21(20)27-2)23(18-11-5-3-6-12-18)19-13-7-4-8-14-19/h3-16,23H,17H2,1-2H3,(H,24,26)/p+1. The third kappa shape index (κ3) is 4.74. The molecule has 3 aromatic rings. The molecule has 27 heavy (non-hydrogen) atoms. The zero-order chi connectivity index (χ0) is 19.1. The van der Waals surface area contributed by atoms with E-state index in [4.69, 9.17) is 4.74 Å². The summed E-state index contributed by atoms with van der Waals surface area (Å²) in [4.78, 5) is 13.8. The molecule has 0 aliphatic carbocycles. The van der Waals surface area contributed by atoms with E-state index in [0.29, 0.717) is 18.0 Å². The number of carbonyl (C=O) groups is 1. The smallest absolute Gasteiger partial charge is 0.279 e. The van der Waals surface area contributed by atoms with Gasteiger partial charge in [0.05, 0.1) is 19.8 Å². The number of anilines is 1. The van der Waals surface area contributed by atoms with Crippen molar-refractivity contribution in [1.29, 1.82) is 0 Å². The SMILES string of the molecule is COc1ccccc1NC(=O)C[NH+](C)C(c1ccccc1)c1ccccc1. The Labute approximate surface area is 160 Å². The number of likely N-dealkylation sites (N-methyl/N-ethyl adjacent to an activating group) is 1. The average Bonchev–Trinajstić information content (AvgIpc) is 2.70. The molecule has 0 saturated heterocycles. The van der Waals surface area contributed by atoms with Crippen LogP contribution in [0.4, 0.5) is 5.69 Å². The number of nitrogens with one attached hydrogen (secondary N) is 2.